The molecule has 1 aliphatic rings. The second-order valence-electron chi connectivity index (χ2n) is 7.08. The Balaban J connectivity index is 1.33. The average Bonchev–Trinajstić information content (AvgIpc) is 2.65. The van der Waals surface area contributed by atoms with Crippen molar-refractivity contribution in [1.29, 1.82) is 0 Å². The number of carbonyl (C=O) groups is 2. The molecule has 2 aromatic rings. The lowest BCUT2D eigenvalue weighted by Crippen LogP contribution is -2.50. The van der Waals surface area contributed by atoms with Gasteiger partial charge in [-0.1, -0.05) is 29.8 Å². The van der Waals surface area contributed by atoms with Gasteiger partial charge >= 0.3 is 0 Å². The van der Waals surface area contributed by atoms with Crippen LogP contribution < -0.4 is 20.7 Å². The van der Waals surface area contributed by atoms with Crippen molar-refractivity contribution >= 4 is 17.5 Å². The van der Waals surface area contributed by atoms with Gasteiger partial charge in [0.2, 0.25) is 11.8 Å². The van der Waals surface area contributed by atoms with Crippen molar-refractivity contribution in [3.05, 3.63) is 59.7 Å². The molecule has 148 valence electrons. The van der Waals surface area contributed by atoms with Gasteiger partial charge in [-0.05, 0) is 43.2 Å². The second-order valence-corrected chi connectivity index (χ2v) is 7.08. The lowest BCUT2D eigenvalue weighted by Gasteiger charge is -2.25. The molecule has 1 aliphatic heterocycles. The Hall–Kier alpha value is -2.86. The molecule has 0 saturated carbocycles. The van der Waals surface area contributed by atoms with E-state index in [9.17, 15) is 9.59 Å². The highest BCUT2D eigenvalue weighted by atomic mass is 16.5. The van der Waals surface area contributed by atoms with Crippen molar-refractivity contribution in [2.75, 3.05) is 25.0 Å². The van der Waals surface area contributed by atoms with E-state index in [4.69, 9.17) is 4.74 Å². The maximum atomic E-state index is 12.1. The molecule has 28 heavy (non-hydrogen) atoms. The van der Waals surface area contributed by atoms with Crippen LogP contribution in [0.2, 0.25) is 0 Å². The molecular weight excluding hydrogens is 354 g/mol. The van der Waals surface area contributed by atoms with Gasteiger partial charge in [0.05, 0.1) is 12.5 Å². The van der Waals surface area contributed by atoms with E-state index in [0.29, 0.717) is 26.0 Å². The van der Waals surface area contributed by atoms with Gasteiger partial charge in [0.1, 0.15) is 5.75 Å². The first-order valence-corrected chi connectivity index (χ1v) is 9.67. The maximum absolute atomic E-state index is 12.1. The predicted molar refractivity (Wildman–Crippen MR) is 109 cm³/mol. The highest BCUT2D eigenvalue weighted by molar-refractivity contribution is 5.90. The molecule has 1 saturated heterocycles. The van der Waals surface area contributed by atoms with E-state index in [1.165, 1.54) is 5.56 Å². The first-order valence-electron chi connectivity index (χ1n) is 9.67. The molecular formula is C22H27N3O3. The van der Waals surface area contributed by atoms with E-state index in [1.54, 1.807) is 0 Å². The molecule has 6 nitrogen and oxygen atoms in total. The number of nitrogens with one attached hydrogen (secondary N) is 3. The summed E-state index contributed by atoms with van der Waals surface area (Å²) in [6, 6.07) is 15.4. The molecule has 3 N–H and O–H groups in total. The normalized spacial score (nSPS) is 13.5. The number of ether oxygens (including phenoxy) is 1. The summed E-state index contributed by atoms with van der Waals surface area (Å²) in [5.41, 5.74) is 2.95. The van der Waals surface area contributed by atoms with E-state index in [0.717, 1.165) is 30.1 Å². The third-order valence-corrected chi connectivity index (χ3v) is 4.69. The van der Waals surface area contributed by atoms with Crippen molar-refractivity contribution in [1.82, 2.24) is 10.6 Å². The Morgan fingerprint density at radius 2 is 1.79 bits per heavy atom. The molecule has 0 radical (unpaired) electrons. The maximum Gasteiger partial charge on any atom is 0.225 e. The third-order valence-electron chi connectivity index (χ3n) is 4.69. The van der Waals surface area contributed by atoms with Crippen LogP contribution >= 0.6 is 0 Å². The van der Waals surface area contributed by atoms with Gasteiger partial charge in [-0.25, -0.2) is 0 Å². The lowest BCUT2D eigenvalue weighted by molar-refractivity contribution is -0.126. The zero-order valence-electron chi connectivity index (χ0n) is 16.2. The summed E-state index contributed by atoms with van der Waals surface area (Å²) in [6.07, 6.45) is 1.05. The fourth-order valence-corrected chi connectivity index (χ4v) is 2.79. The van der Waals surface area contributed by atoms with Gasteiger partial charge in [0.15, 0.2) is 0 Å². The summed E-state index contributed by atoms with van der Waals surface area (Å²) in [6.45, 7) is 4.55. The number of benzene rings is 2. The smallest absolute Gasteiger partial charge is 0.225 e. The van der Waals surface area contributed by atoms with Gasteiger partial charge in [-0.2, -0.15) is 0 Å². The topological polar surface area (TPSA) is 79.5 Å². The predicted octanol–water partition coefficient (Wildman–Crippen LogP) is 2.63. The number of rotatable bonds is 9. The number of carbonyl (C=O) groups excluding carboxylic acids is 2. The Labute approximate surface area is 165 Å². The van der Waals surface area contributed by atoms with Crippen molar-refractivity contribution in [3.8, 4) is 5.75 Å². The monoisotopic (exact) mass is 381 g/mol. The molecule has 0 spiro atoms. The van der Waals surface area contributed by atoms with Crippen LogP contribution in [0.3, 0.4) is 0 Å². The largest absolute Gasteiger partial charge is 0.494 e. The minimum absolute atomic E-state index is 0.0361. The Morgan fingerprint density at radius 3 is 2.43 bits per heavy atom. The van der Waals surface area contributed by atoms with Crippen molar-refractivity contribution in [3.63, 3.8) is 0 Å². The zero-order valence-corrected chi connectivity index (χ0v) is 16.2. The summed E-state index contributed by atoms with van der Waals surface area (Å²) in [5, 5.41) is 8.90. The lowest BCUT2D eigenvalue weighted by atomic mass is 10.0. The molecule has 0 unspecified atom stereocenters. The van der Waals surface area contributed by atoms with E-state index in [1.807, 2.05) is 55.5 Å². The molecule has 2 aromatic carbocycles. The first-order chi connectivity index (χ1) is 13.6. The van der Waals surface area contributed by atoms with E-state index in [2.05, 4.69) is 16.0 Å². The summed E-state index contributed by atoms with van der Waals surface area (Å²) in [4.78, 5) is 23.9. The van der Waals surface area contributed by atoms with Crippen molar-refractivity contribution in [2.24, 2.45) is 5.92 Å². The first kappa shape index (κ1) is 19.9. The highest BCUT2D eigenvalue weighted by Gasteiger charge is 2.24. The fraction of sp³-hybridized carbons (Fsp3) is 0.364. The minimum atomic E-state index is -0.0361. The number of aryl methyl sites for hydroxylation is 1. The third kappa shape index (κ3) is 6.09. The zero-order chi connectivity index (χ0) is 19.8. The van der Waals surface area contributed by atoms with Crippen molar-refractivity contribution < 1.29 is 14.3 Å². The van der Waals surface area contributed by atoms with Crippen LogP contribution in [0, 0.1) is 12.8 Å². The van der Waals surface area contributed by atoms with E-state index < -0.39 is 0 Å². The van der Waals surface area contributed by atoms with Gasteiger partial charge in [-0.3, -0.25) is 9.59 Å². The number of hydrogen-bond donors (Lipinski definition) is 3. The molecule has 0 atom stereocenters. The molecule has 3 rings (SSSR count). The van der Waals surface area contributed by atoms with Crippen LogP contribution in [0.1, 0.15) is 24.0 Å². The van der Waals surface area contributed by atoms with Gasteiger partial charge in [0.25, 0.3) is 0 Å². The quantitative estimate of drug-likeness (QED) is 0.584. The van der Waals surface area contributed by atoms with Crippen LogP contribution in [0.25, 0.3) is 0 Å². The fourth-order valence-electron chi connectivity index (χ4n) is 2.79. The van der Waals surface area contributed by atoms with E-state index in [-0.39, 0.29) is 17.7 Å². The molecule has 0 aromatic heterocycles. The molecule has 0 bridgehead atoms. The molecule has 0 aliphatic carbocycles. The van der Waals surface area contributed by atoms with Crippen LogP contribution in [-0.4, -0.2) is 31.5 Å². The highest BCUT2D eigenvalue weighted by Crippen LogP contribution is 2.13. The molecule has 6 heteroatoms. The Bertz CT molecular complexity index is 784. The van der Waals surface area contributed by atoms with Crippen LogP contribution in [0.4, 0.5) is 5.69 Å². The van der Waals surface area contributed by atoms with Gasteiger partial charge in [-0.15, -0.1) is 0 Å². The summed E-state index contributed by atoms with van der Waals surface area (Å²) >= 11 is 0. The Kier molecular flexibility index (Phi) is 7.03. The van der Waals surface area contributed by atoms with Crippen LogP contribution in [-0.2, 0) is 16.1 Å². The van der Waals surface area contributed by atoms with Crippen LogP contribution in [0.15, 0.2) is 48.5 Å². The Morgan fingerprint density at radius 1 is 1.07 bits per heavy atom. The van der Waals surface area contributed by atoms with Gasteiger partial charge in [0, 0.05) is 31.7 Å². The number of amides is 2. The molecule has 1 heterocycles. The van der Waals surface area contributed by atoms with E-state index >= 15 is 0 Å². The number of anilines is 1. The second kappa shape index (κ2) is 9.90. The van der Waals surface area contributed by atoms with Crippen LogP contribution in [0.5, 0.6) is 5.75 Å². The molecule has 2 amide bonds. The number of hydrogen-bond acceptors (Lipinski definition) is 4. The summed E-state index contributed by atoms with van der Waals surface area (Å²) in [7, 11) is 0. The SMILES string of the molecule is Cc1ccc(OCCCC(=O)Nc2ccc(CNC(=O)C3CNC3)cc2)cc1. The molecule has 1 fully saturated rings. The van der Waals surface area contributed by atoms with Gasteiger partial charge < -0.3 is 20.7 Å². The average molecular weight is 381 g/mol. The van der Waals surface area contributed by atoms with Crippen molar-refractivity contribution in [2.45, 2.75) is 26.3 Å². The standard InChI is InChI=1S/C22H27N3O3/c1-16-4-10-20(11-5-16)28-12-2-3-21(26)25-19-8-6-17(7-9-19)13-24-22(27)18-14-23-15-18/h4-11,18,23H,2-3,12-15H2,1H3,(H,24,27)(H,25,26). The summed E-state index contributed by atoms with van der Waals surface area (Å²) < 4.78 is 5.63. The summed E-state index contributed by atoms with van der Waals surface area (Å²) in [5.74, 6) is 0.964. The minimum Gasteiger partial charge on any atom is -0.494 e.